The zero-order chi connectivity index (χ0) is 26.7. The van der Waals surface area contributed by atoms with Crippen molar-refractivity contribution in [1.29, 1.82) is 0 Å². The summed E-state index contributed by atoms with van der Waals surface area (Å²) in [5.41, 5.74) is 0. The molecule has 210 valence electrons. The summed E-state index contributed by atoms with van der Waals surface area (Å²) in [5.74, 6) is -0.664. The Hall–Kier alpha value is -1.07. The fraction of sp³-hybridized carbons (Fsp3) is 0.885. The molecular weight excluding hydrogens is 456 g/mol. The number of ether oxygens (including phenoxy) is 1. The summed E-state index contributed by atoms with van der Waals surface area (Å²) in [6.45, 7) is 2.81. The molecule has 0 amide bonds. The Bertz CT molecular complexity index is 455. The van der Waals surface area contributed by atoms with Gasteiger partial charge in [0, 0.05) is 6.42 Å². The minimum absolute atomic E-state index is 0.332. The summed E-state index contributed by atoms with van der Waals surface area (Å²) in [7, 11) is 0. The van der Waals surface area contributed by atoms with Crippen LogP contribution < -0.4 is 0 Å². The summed E-state index contributed by atoms with van der Waals surface area (Å²) in [5, 5.41) is 60.7. The summed E-state index contributed by atoms with van der Waals surface area (Å²) in [6.07, 6.45) is 14.8. The number of aliphatic hydroxyl groups is 6. The molecule has 9 nitrogen and oxygen atoms in total. The smallest absolute Gasteiger partial charge is 0.303 e. The van der Waals surface area contributed by atoms with E-state index in [1.54, 1.807) is 0 Å². The van der Waals surface area contributed by atoms with Gasteiger partial charge in [0.2, 0.25) is 0 Å². The molecule has 0 radical (unpaired) electrons. The van der Waals surface area contributed by atoms with Crippen LogP contribution in [0, 0.1) is 0 Å². The van der Waals surface area contributed by atoms with Crippen LogP contribution in [0.2, 0.25) is 0 Å². The van der Waals surface area contributed by atoms with Crippen molar-refractivity contribution in [3.05, 3.63) is 12.2 Å². The van der Waals surface area contributed by atoms with E-state index < -0.39 is 43.6 Å². The van der Waals surface area contributed by atoms with E-state index in [1.807, 2.05) is 0 Å². The molecule has 0 spiro atoms. The second kappa shape index (κ2) is 27.5. The van der Waals surface area contributed by atoms with Gasteiger partial charge in [-0.3, -0.25) is 4.79 Å². The number of carboxylic acids is 1. The van der Waals surface area contributed by atoms with Crippen LogP contribution in [0.1, 0.15) is 96.8 Å². The SMILES string of the molecule is C1CO1.CCCCCCCC/C=C\CCCCCCCC(=O)O.OC[C@@H](O)[C@@H](O)[C@H](O)[C@@H](O)CO. The number of allylic oxidation sites excluding steroid dienone is 2. The highest BCUT2D eigenvalue weighted by molar-refractivity contribution is 5.66. The number of unbranched alkanes of at least 4 members (excludes halogenated alkanes) is 11. The van der Waals surface area contributed by atoms with Crippen molar-refractivity contribution in [1.82, 2.24) is 0 Å². The molecule has 7 N–H and O–H groups in total. The predicted octanol–water partition coefficient (Wildman–Crippen LogP) is 2.54. The van der Waals surface area contributed by atoms with Crippen molar-refractivity contribution in [2.75, 3.05) is 26.4 Å². The van der Waals surface area contributed by atoms with Gasteiger partial charge in [-0.2, -0.15) is 0 Å². The molecule has 0 saturated carbocycles. The molecule has 0 aromatic carbocycles. The lowest BCUT2D eigenvalue weighted by molar-refractivity contribution is -0.137. The fourth-order valence-corrected chi connectivity index (χ4v) is 3.02. The van der Waals surface area contributed by atoms with E-state index >= 15 is 0 Å². The standard InChI is InChI=1S/C18H34O2.C6H14O6.C2H4O/c1-2-3-4-5-6-7-8-9-10-11-12-13-14-15-16-17-18(19)20;7-1-3(9)5(11)6(12)4(10)2-8;1-2-3-1/h9-10H,2-8,11-17H2,1H3,(H,19,20);3-12H,1-2H2;1-2H2/b10-9-;;/t;3-,4+,5-,6-;/m.1./s1. The monoisotopic (exact) mass is 508 g/mol. The van der Waals surface area contributed by atoms with E-state index in [2.05, 4.69) is 23.8 Å². The molecule has 9 heteroatoms. The number of carboxylic acid groups (broad SMARTS) is 1. The van der Waals surface area contributed by atoms with Crippen molar-refractivity contribution >= 4 is 5.97 Å². The Morgan fingerprint density at radius 3 is 1.43 bits per heavy atom. The Morgan fingerprint density at radius 1 is 0.714 bits per heavy atom. The van der Waals surface area contributed by atoms with Crippen LogP contribution in [0.25, 0.3) is 0 Å². The first-order chi connectivity index (χ1) is 16.8. The minimum atomic E-state index is -1.67. The molecule has 0 aliphatic carbocycles. The zero-order valence-electron chi connectivity index (χ0n) is 21.6. The molecule has 0 bridgehead atoms. The van der Waals surface area contributed by atoms with Gasteiger partial charge in [-0.1, -0.05) is 70.4 Å². The molecular formula is C26H52O9. The molecule has 0 aromatic rings. The van der Waals surface area contributed by atoms with Gasteiger partial charge in [0.1, 0.15) is 24.4 Å². The number of hydrogen-bond donors (Lipinski definition) is 7. The third-order valence-electron chi connectivity index (χ3n) is 5.37. The van der Waals surface area contributed by atoms with E-state index in [0.717, 1.165) is 26.1 Å². The maximum atomic E-state index is 10.3. The highest BCUT2D eigenvalue weighted by Gasteiger charge is 2.29. The Morgan fingerprint density at radius 2 is 1.09 bits per heavy atom. The fourth-order valence-electron chi connectivity index (χ4n) is 3.02. The second-order valence-electron chi connectivity index (χ2n) is 8.82. The number of carbonyl (C=O) groups is 1. The molecule has 0 aromatic heterocycles. The lowest BCUT2D eigenvalue weighted by Crippen LogP contribution is -2.46. The highest BCUT2D eigenvalue weighted by atomic mass is 16.6. The first-order valence-electron chi connectivity index (χ1n) is 13.2. The summed E-state index contributed by atoms with van der Waals surface area (Å²) < 4.78 is 4.50. The van der Waals surface area contributed by atoms with Crippen molar-refractivity contribution in [2.45, 2.75) is 121 Å². The second-order valence-corrected chi connectivity index (χ2v) is 8.82. The largest absolute Gasteiger partial charge is 0.481 e. The summed E-state index contributed by atoms with van der Waals surface area (Å²) in [6, 6.07) is 0. The Labute approximate surface area is 211 Å². The van der Waals surface area contributed by atoms with Gasteiger partial charge in [-0.15, -0.1) is 0 Å². The van der Waals surface area contributed by atoms with Crippen LogP contribution >= 0.6 is 0 Å². The molecule has 35 heavy (non-hydrogen) atoms. The van der Waals surface area contributed by atoms with Crippen LogP contribution in [0.3, 0.4) is 0 Å². The molecule has 1 aliphatic rings. The van der Waals surface area contributed by atoms with Crippen molar-refractivity contribution < 1.29 is 45.3 Å². The first-order valence-corrected chi connectivity index (χ1v) is 13.2. The highest BCUT2D eigenvalue weighted by Crippen LogP contribution is 2.10. The summed E-state index contributed by atoms with van der Waals surface area (Å²) >= 11 is 0. The predicted molar refractivity (Wildman–Crippen MR) is 136 cm³/mol. The van der Waals surface area contributed by atoms with Gasteiger partial charge in [-0.05, 0) is 32.1 Å². The van der Waals surface area contributed by atoms with E-state index in [4.69, 9.17) is 35.7 Å². The van der Waals surface area contributed by atoms with Crippen LogP contribution in [0.4, 0.5) is 0 Å². The number of aliphatic carboxylic acids is 1. The van der Waals surface area contributed by atoms with Crippen molar-refractivity contribution in [2.24, 2.45) is 0 Å². The van der Waals surface area contributed by atoms with Gasteiger partial charge in [0.15, 0.2) is 0 Å². The normalized spacial score (nSPS) is 15.9. The maximum Gasteiger partial charge on any atom is 0.303 e. The van der Waals surface area contributed by atoms with Crippen LogP contribution in [-0.4, -0.2) is 92.6 Å². The number of hydrogen-bond acceptors (Lipinski definition) is 8. The van der Waals surface area contributed by atoms with Crippen LogP contribution in [0.5, 0.6) is 0 Å². The quantitative estimate of drug-likeness (QED) is 0.0741. The van der Waals surface area contributed by atoms with Gasteiger partial charge < -0.3 is 40.5 Å². The van der Waals surface area contributed by atoms with E-state index in [9.17, 15) is 4.79 Å². The Balaban J connectivity index is 0. The number of epoxide rings is 1. The van der Waals surface area contributed by atoms with Crippen molar-refractivity contribution in [3.8, 4) is 0 Å². The molecule has 1 fully saturated rings. The van der Waals surface area contributed by atoms with Crippen LogP contribution in [-0.2, 0) is 9.53 Å². The zero-order valence-corrected chi connectivity index (χ0v) is 21.6. The molecule has 1 aliphatic heterocycles. The Kier molecular flexibility index (Phi) is 28.4. The number of aliphatic hydroxyl groups excluding tert-OH is 6. The van der Waals surface area contributed by atoms with Gasteiger partial charge >= 0.3 is 5.97 Å². The molecule has 1 rings (SSSR count). The lowest BCUT2D eigenvalue weighted by Gasteiger charge is -2.24. The average molecular weight is 509 g/mol. The average Bonchev–Trinajstić information content (AvgIpc) is 3.74. The molecule has 4 atom stereocenters. The minimum Gasteiger partial charge on any atom is -0.481 e. The maximum absolute atomic E-state index is 10.3. The molecule has 1 saturated heterocycles. The van der Waals surface area contributed by atoms with E-state index in [1.165, 1.54) is 70.6 Å². The summed E-state index contributed by atoms with van der Waals surface area (Å²) in [4.78, 5) is 10.3. The third-order valence-corrected chi connectivity index (χ3v) is 5.37. The van der Waals surface area contributed by atoms with Gasteiger partial charge in [-0.25, -0.2) is 0 Å². The molecule has 0 unspecified atom stereocenters. The topological polar surface area (TPSA) is 171 Å². The van der Waals surface area contributed by atoms with E-state index in [0.29, 0.717) is 6.42 Å². The first kappa shape index (κ1) is 36.1. The van der Waals surface area contributed by atoms with Gasteiger partial charge in [0.25, 0.3) is 0 Å². The number of rotatable bonds is 20. The van der Waals surface area contributed by atoms with Gasteiger partial charge in [0.05, 0.1) is 26.4 Å². The molecule has 1 heterocycles. The van der Waals surface area contributed by atoms with Crippen molar-refractivity contribution in [3.63, 3.8) is 0 Å². The lowest BCUT2D eigenvalue weighted by atomic mass is 10.0. The third kappa shape index (κ3) is 29.1. The van der Waals surface area contributed by atoms with E-state index in [-0.39, 0.29) is 0 Å². The van der Waals surface area contributed by atoms with Crippen LogP contribution in [0.15, 0.2) is 12.2 Å².